The van der Waals surface area contributed by atoms with E-state index in [1.54, 1.807) is 37.7 Å². The van der Waals surface area contributed by atoms with Gasteiger partial charge >= 0.3 is 37.3 Å². The molecule has 0 aromatic carbocycles. The van der Waals surface area contributed by atoms with Crippen molar-refractivity contribution < 1.29 is 35.8 Å². The standard InChI is InChI=1S/C9H18N3O3.CH3F4P/c1-7(13)12(8(2)14)15-9(10(3)4)11(5)6;1-6(2,3,4)5/h1-6H3;1H3/q+1;. The normalized spacial score (nSPS) is 12.0. The number of carbonyl (C=O) groups excluding carboxylic acids is 2. The number of rotatable bonds is 0. The monoisotopic (exact) mass is 338 g/mol. The van der Waals surface area contributed by atoms with Gasteiger partial charge < -0.3 is 0 Å². The van der Waals surface area contributed by atoms with Crippen molar-refractivity contribution in [2.45, 2.75) is 13.8 Å². The summed E-state index contributed by atoms with van der Waals surface area (Å²) >= 11 is 0. The van der Waals surface area contributed by atoms with Crippen LogP contribution >= 0.6 is 7.85 Å². The van der Waals surface area contributed by atoms with E-state index in [-0.39, 0.29) is 6.66 Å². The van der Waals surface area contributed by atoms with Crippen LogP contribution in [0.3, 0.4) is 0 Å². The minimum atomic E-state index is -7.05. The molecule has 0 unspecified atom stereocenters. The molecule has 0 aromatic rings. The maximum absolute atomic E-state index is 11.1. The van der Waals surface area contributed by atoms with Crippen LogP contribution in [-0.2, 0) is 14.4 Å². The molecule has 2 amide bonds. The van der Waals surface area contributed by atoms with Gasteiger partial charge in [0.15, 0.2) is 0 Å². The van der Waals surface area contributed by atoms with Crippen molar-refractivity contribution in [1.29, 1.82) is 0 Å². The van der Waals surface area contributed by atoms with Gasteiger partial charge in [0, 0.05) is 13.8 Å². The van der Waals surface area contributed by atoms with Crippen LogP contribution < -0.4 is 0 Å². The Bertz CT molecular complexity index is 398. The Morgan fingerprint density at radius 3 is 1.43 bits per heavy atom. The molecule has 0 rings (SSSR count). The number of hydroxylamine groups is 2. The second-order valence-electron chi connectivity index (χ2n) is 4.55. The molecule has 11 heteroatoms. The van der Waals surface area contributed by atoms with Gasteiger partial charge in [0.05, 0.1) is 28.2 Å². The van der Waals surface area contributed by atoms with E-state index in [1.807, 2.05) is 0 Å². The predicted molar refractivity (Wildman–Crippen MR) is 72.4 cm³/mol. The Morgan fingerprint density at radius 2 is 1.29 bits per heavy atom. The summed E-state index contributed by atoms with van der Waals surface area (Å²) in [5.74, 6) is -0.910. The van der Waals surface area contributed by atoms with Gasteiger partial charge in [-0.3, -0.25) is 14.4 Å². The summed E-state index contributed by atoms with van der Waals surface area (Å²) in [6.07, 6.45) is 0. The molecular weight excluding hydrogens is 317 g/mol. The molecule has 0 heterocycles. The molecule has 0 radical (unpaired) electrons. The Kier molecular flexibility index (Phi) is 7.84. The summed E-state index contributed by atoms with van der Waals surface area (Å²) in [4.78, 5) is 29.1. The quantitative estimate of drug-likeness (QED) is 0.170. The Balaban J connectivity index is 0. The number of hydrogen-bond acceptors (Lipinski definition) is 3. The number of amidine groups is 1. The van der Waals surface area contributed by atoms with E-state index < -0.39 is 19.7 Å². The summed E-state index contributed by atoms with van der Waals surface area (Å²) in [7, 11) is -0.0191. The van der Waals surface area contributed by atoms with Crippen molar-refractivity contribution >= 4 is 25.7 Å². The molecule has 0 aromatic heterocycles. The van der Waals surface area contributed by atoms with Gasteiger partial charge in [-0.1, -0.05) is 5.06 Å². The third-order valence-electron chi connectivity index (χ3n) is 1.51. The second-order valence-corrected chi connectivity index (χ2v) is 6.67. The van der Waals surface area contributed by atoms with Crippen molar-refractivity contribution in [3.8, 4) is 0 Å². The third-order valence-corrected chi connectivity index (χ3v) is 1.51. The van der Waals surface area contributed by atoms with Crippen LogP contribution in [0.1, 0.15) is 13.8 Å². The molecule has 126 valence electrons. The zero-order valence-electron chi connectivity index (χ0n) is 13.0. The van der Waals surface area contributed by atoms with Gasteiger partial charge in [-0.05, 0) is 0 Å². The molecule has 0 aliphatic carbocycles. The molecule has 21 heavy (non-hydrogen) atoms. The first kappa shape index (κ1) is 21.9. The average molecular weight is 338 g/mol. The van der Waals surface area contributed by atoms with Crippen LogP contribution in [0.5, 0.6) is 0 Å². The summed E-state index contributed by atoms with van der Waals surface area (Å²) in [5, 5.41) is 0.718. The summed E-state index contributed by atoms with van der Waals surface area (Å²) in [6, 6.07) is 0.403. The van der Waals surface area contributed by atoms with Crippen LogP contribution in [0.25, 0.3) is 0 Å². The average Bonchev–Trinajstić information content (AvgIpc) is 2.10. The van der Waals surface area contributed by atoms with E-state index in [4.69, 9.17) is 4.84 Å². The minimum absolute atomic E-state index is 0.328. The molecule has 0 fully saturated rings. The van der Waals surface area contributed by atoms with Crippen LogP contribution in [0, 0.1) is 0 Å². The first-order valence-corrected chi connectivity index (χ1v) is 7.85. The fraction of sp³-hybridized carbons (Fsp3) is 0.700. The van der Waals surface area contributed by atoms with E-state index in [0.29, 0.717) is 6.02 Å². The molecule has 0 spiro atoms. The fourth-order valence-electron chi connectivity index (χ4n) is 0.995. The van der Waals surface area contributed by atoms with Gasteiger partial charge in [0.1, 0.15) is 0 Å². The van der Waals surface area contributed by atoms with E-state index in [1.165, 1.54) is 13.8 Å². The topological polar surface area (TPSA) is 52.9 Å². The van der Waals surface area contributed by atoms with Gasteiger partial charge in [-0.15, -0.1) is 0 Å². The zero-order valence-corrected chi connectivity index (χ0v) is 13.9. The van der Waals surface area contributed by atoms with Crippen LogP contribution in [-0.4, -0.2) is 67.2 Å². The molecule has 0 N–H and O–H groups in total. The Labute approximate surface area is 121 Å². The van der Waals surface area contributed by atoms with Gasteiger partial charge in [0.2, 0.25) is 0 Å². The van der Waals surface area contributed by atoms with Crippen molar-refractivity contribution in [3.05, 3.63) is 0 Å². The third kappa shape index (κ3) is 14.8. The molecule has 0 aliphatic heterocycles. The SMILES string of the molecule is CC(=O)N(OC(N(C)C)=[N+](C)C)C(C)=O.CP(F)(F)(F)F. The number of nitrogens with zero attached hydrogens (tertiary/aromatic N) is 3. The van der Waals surface area contributed by atoms with E-state index >= 15 is 0 Å². The summed E-state index contributed by atoms with van der Waals surface area (Å²) in [6.45, 7) is 2.21. The molecule has 0 bridgehead atoms. The van der Waals surface area contributed by atoms with Crippen molar-refractivity contribution in [2.24, 2.45) is 0 Å². The van der Waals surface area contributed by atoms with Crippen LogP contribution in [0.15, 0.2) is 0 Å². The van der Waals surface area contributed by atoms with Crippen LogP contribution in [0.4, 0.5) is 16.8 Å². The number of amides is 2. The zero-order chi connectivity index (χ0) is 17.6. The van der Waals surface area contributed by atoms with E-state index in [9.17, 15) is 26.4 Å². The first-order chi connectivity index (χ1) is 9.00. The first-order valence-electron chi connectivity index (χ1n) is 5.60. The number of carbonyl (C=O) groups is 2. The predicted octanol–water partition coefficient (Wildman–Crippen LogP) is 2.21. The Morgan fingerprint density at radius 1 is 1.00 bits per heavy atom. The molecule has 0 aliphatic rings. The van der Waals surface area contributed by atoms with Crippen molar-refractivity contribution in [2.75, 3.05) is 34.9 Å². The number of imide groups is 1. The van der Waals surface area contributed by atoms with Gasteiger partial charge in [0.25, 0.3) is 11.8 Å². The number of halogens is 4. The van der Waals surface area contributed by atoms with Crippen LogP contribution in [0.2, 0.25) is 0 Å². The van der Waals surface area contributed by atoms with E-state index in [2.05, 4.69) is 0 Å². The molecule has 0 atom stereocenters. The van der Waals surface area contributed by atoms with Crippen molar-refractivity contribution in [3.63, 3.8) is 0 Å². The number of hydrogen-bond donors (Lipinski definition) is 0. The van der Waals surface area contributed by atoms with Gasteiger partial charge in [-0.2, -0.15) is 0 Å². The van der Waals surface area contributed by atoms with E-state index in [0.717, 1.165) is 5.06 Å². The molecule has 0 saturated carbocycles. The maximum atomic E-state index is 11.1. The fourth-order valence-corrected chi connectivity index (χ4v) is 0.995. The summed E-state index contributed by atoms with van der Waals surface area (Å²) < 4.78 is 43.7. The molecular formula is C10H21F4N3O3P+. The molecule has 0 saturated heterocycles. The second kappa shape index (κ2) is 7.53. The van der Waals surface area contributed by atoms with Crippen molar-refractivity contribution in [1.82, 2.24) is 9.96 Å². The Hall–Kier alpha value is -1.44. The summed E-state index contributed by atoms with van der Waals surface area (Å²) in [5.41, 5.74) is 0. The van der Waals surface area contributed by atoms with Gasteiger partial charge in [-0.25, -0.2) is 9.48 Å². The molecule has 6 nitrogen and oxygen atoms in total.